The van der Waals surface area contributed by atoms with Gasteiger partial charge in [-0.15, -0.1) is 0 Å². The summed E-state index contributed by atoms with van der Waals surface area (Å²) in [4.78, 5) is 23.9. The summed E-state index contributed by atoms with van der Waals surface area (Å²) in [6.45, 7) is 1.53. The highest BCUT2D eigenvalue weighted by molar-refractivity contribution is 5.98. The predicted molar refractivity (Wildman–Crippen MR) is 159 cm³/mol. The van der Waals surface area contributed by atoms with Crippen molar-refractivity contribution in [3.05, 3.63) is 66.0 Å². The highest BCUT2D eigenvalue weighted by atomic mass is 19.1. The normalized spacial score (nSPS) is 21.5. The first kappa shape index (κ1) is 27.5. The van der Waals surface area contributed by atoms with Crippen LogP contribution in [0.1, 0.15) is 69.3 Å². The van der Waals surface area contributed by atoms with Crippen LogP contribution in [0.5, 0.6) is 5.75 Å². The van der Waals surface area contributed by atoms with E-state index in [1.807, 2.05) is 30.0 Å². The van der Waals surface area contributed by atoms with Crippen LogP contribution in [-0.4, -0.2) is 57.5 Å². The molecule has 2 unspecified atom stereocenters. The number of likely N-dealkylation sites (N-methyl/N-ethyl adjacent to an activating group) is 1. The van der Waals surface area contributed by atoms with Crippen LogP contribution in [0, 0.1) is 11.7 Å². The van der Waals surface area contributed by atoms with Crippen molar-refractivity contribution in [2.75, 3.05) is 27.2 Å². The lowest BCUT2D eigenvalue weighted by Crippen LogP contribution is -2.29. The number of methoxy groups -OCH3 is 1. The van der Waals surface area contributed by atoms with E-state index in [4.69, 9.17) is 9.72 Å². The van der Waals surface area contributed by atoms with Gasteiger partial charge in [0.25, 0.3) is 0 Å². The van der Waals surface area contributed by atoms with Crippen molar-refractivity contribution in [2.45, 2.75) is 63.7 Å². The maximum absolute atomic E-state index is 14.3. The maximum atomic E-state index is 14.3. The minimum Gasteiger partial charge on any atom is -0.494 e. The number of carbonyl (C=O) groups excluding carboxylic acids is 1. The number of nitrogens with zero attached hydrogens (tertiary/aromatic N) is 5. The fourth-order valence-corrected chi connectivity index (χ4v) is 6.73. The van der Waals surface area contributed by atoms with Gasteiger partial charge in [-0.05, 0) is 74.2 Å². The molecule has 4 aromatic rings. The Kier molecular flexibility index (Phi) is 8.10. The van der Waals surface area contributed by atoms with Crippen molar-refractivity contribution in [1.29, 1.82) is 0 Å². The number of carbonyl (C=O) groups is 1. The summed E-state index contributed by atoms with van der Waals surface area (Å²) in [7, 11) is 3.50. The molecule has 0 radical (unpaired) electrons. The van der Waals surface area contributed by atoms with Gasteiger partial charge in [0, 0.05) is 48.6 Å². The van der Waals surface area contributed by atoms with Crippen LogP contribution in [-0.2, 0) is 4.79 Å². The highest BCUT2D eigenvalue weighted by Crippen LogP contribution is 2.37. The molecule has 3 aromatic heterocycles. The average Bonchev–Trinajstić information content (AvgIpc) is 3.42. The maximum Gasteiger partial charge on any atom is 0.167 e. The number of hydrogen-bond acceptors (Lipinski definition) is 6. The number of pyridine rings is 1. The van der Waals surface area contributed by atoms with Crippen molar-refractivity contribution < 1.29 is 13.9 Å². The summed E-state index contributed by atoms with van der Waals surface area (Å²) in [5, 5.41) is 5.46. The van der Waals surface area contributed by atoms with Crippen molar-refractivity contribution in [1.82, 2.24) is 24.5 Å². The predicted octanol–water partition coefficient (Wildman–Crippen LogP) is 6.76. The Morgan fingerprint density at radius 3 is 2.66 bits per heavy atom. The number of fused-ring (bicyclic) bond motifs is 2. The van der Waals surface area contributed by atoms with E-state index >= 15 is 0 Å². The second-order valence-corrected chi connectivity index (χ2v) is 11.7. The third kappa shape index (κ3) is 5.89. The second-order valence-electron chi connectivity index (χ2n) is 11.7. The van der Waals surface area contributed by atoms with E-state index in [2.05, 4.69) is 27.3 Å². The third-order valence-corrected chi connectivity index (χ3v) is 8.90. The molecule has 0 bridgehead atoms. The molecule has 1 saturated carbocycles. The van der Waals surface area contributed by atoms with Crippen LogP contribution < -0.4 is 4.74 Å². The molecule has 41 heavy (non-hydrogen) atoms. The molecule has 0 saturated heterocycles. The van der Waals surface area contributed by atoms with Gasteiger partial charge in [-0.25, -0.2) is 13.9 Å². The SMILES string of the molecule is COc1cc2c(-c3cnn4cc(C5CCCCC(C6=CCCN(C)CC(=O)C6)CCC5)cnc34)ccnc2cc1F. The molecule has 1 fully saturated rings. The smallest absolute Gasteiger partial charge is 0.167 e. The molecule has 1 aromatic carbocycles. The summed E-state index contributed by atoms with van der Waals surface area (Å²) in [6, 6.07) is 5.01. The molecule has 0 amide bonds. The zero-order valence-corrected chi connectivity index (χ0v) is 24.0. The number of ketones is 1. The lowest BCUT2D eigenvalue weighted by molar-refractivity contribution is -0.119. The first-order valence-corrected chi connectivity index (χ1v) is 14.8. The van der Waals surface area contributed by atoms with Gasteiger partial charge in [-0.2, -0.15) is 5.10 Å². The number of aromatic nitrogens is 4. The molecular formula is C33H38FN5O2. The molecule has 4 heterocycles. The number of rotatable bonds is 4. The van der Waals surface area contributed by atoms with Crippen molar-refractivity contribution >= 4 is 22.3 Å². The molecule has 2 atom stereocenters. The monoisotopic (exact) mass is 555 g/mol. The zero-order chi connectivity index (χ0) is 28.3. The highest BCUT2D eigenvalue weighted by Gasteiger charge is 2.23. The first-order valence-electron chi connectivity index (χ1n) is 14.8. The summed E-state index contributed by atoms with van der Waals surface area (Å²) in [5.41, 5.74) is 5.70. The van der Waals surface area contributed by atoms with Gasteiger partial charge in [0.2, 0.25) is 0 Å². The number of halogens is 1. The molecule has 1 aliphatic heterocycles. The number of benzene rings is 1. The number of allylic oxidation sites excluding steroid dienone is 1. The molecule has 0 N–H and O–H groups in total. The van der Waals surface area contributed by atoms with Gasteiger partial charge in [0.1, 0.15) is 0 Å². The summed E-state index contributed by atoms with van der Waals surface area (Å²) >= 11 is 0. The van der Waals surface area contributed by atoms with Crippen LogP contribution in [0.25, 0.3) is 27.7 Å². The largest absolute Gasteiger partial charge is 0.494 e. The topological polar surface area (TPSA) is 72.6 Å². The van der Waals surface area contributed by atoms with Gasteiger partial charge in [0.05, 0.1) is 25.4 Å². The van der Waals surface area contributed by atoms with Gasteiger partial charge >= 0.3 is 0 Å². The lowest BCUT2D eigenvalue weighted by atomic mass is 9.85. The number of hydrogen-bond donors (Lipinski definition) is 0. The Hall–Kier alpha value is -3.65. The molecule has 2 aliphatic rings. The molecule has 0 spiro atoms. The van der Waals surface area contributed by atoms with Crippen molar-refractivity contribution in [2.24, 2.45) is 5.92 Å². The fourth-order valence-electron chi connectivity index (χ4n) is 6.73. The molecule has 8 heteroatoms. The molecular weight excluding hydrogens is 517 g/mol. The standard InChI is InChI=1S/C33H38FN5O2/c1-38-14-6-11-24(15-26(40)21-38)22-7-3-4-8-23(10-5-9-22)25-18-36-33-29(19-37-39(33)20-25)27-12-13-35-31-17-30(34)32(41-2)16-28(27)31/h11-13,16-20,22-23H,3-10,14-15,21H2,1-2H3. The van der Waals surface area contributed by atoms with E-state index in [0.717, 1.165) is 60.8 Å². The van der Waals surface area contributed by atoms with Gasteiger partial charge in [-0.3, -0.25) is 14.7 Å². The van der Waals surface area contributed by atoms with Gasteiger partial charge in [0.15, 0.2) is 23.0 Å². The molecule has 6 rings (SSSR count). The Morgan fingerprint density at radius 2 is 1.80 bits per heavy atom. The fraction of sp³-hybridized carbons (Fsp3) is 0.455. The van der Waals surface area contributed by atoms with E-state index in [1.54, 1.807) is 12.3 Å². The van der Waals surface area contributed by atoms with Crippen molar-refractivity contribution in [3.63, 3.8) is 0 Å². The number of ether oxygens (including phenoxy) is 1. The van der Waals surface area contributed by atoms with Crippen LogP contribution in [0.2, 0.25) is 0 Å². The zero-order valence-electron chi connectivity index (χ0n) is 24.0. The van der Waals surface area contributed by atoms with E-state index < -0.39 is 5.82 Å². The summed E-state index contributed by atoms with van der Waals surface area (Å²) in [5.74, 6) is 1.06. The minimum absolute atomic E-state index is 0.186. The second kappa shape index (κ2) is 12.1. The number of Topliss-reactive ketones (excluding diaryl/α,β-unsaturated/α-hetero) is 1. The Morgan fingerprint density at radius 1 is 1.00 bits per heavy atom. The Labute approximate surface area is 240 Å². The van der Waals surface area contributed by atoms with Crippen LogP contribution >= 0.6 is 0 Å². The Balaban J connectivity index is 1.21. The Bertz CT molecular complexity index is 1600. The van der Waals surface area contributed by atoms with E-state index in [0.29, 0.717) is 36.1 Å². The molecule has 1 aliphatic carbocycles. The van der Waals surface area contributed by atoms with E-state index in [1.165, 1.54) is 43.6 Å². The van der Waals surface area contributed by atoms with Crippen LogP contribution in [0.3, 0.4) is 0 Å². The summed E-state index contributed by atoms with van der Waals surface area (Å²) < 4.78 is 21.4. The quantitative estimate of drug-likeness (QED) is 0.259. The van der Waals surface area contributed by atoms with E-state index in [9.17, 15) is 9.18 Å². The van der Waals surface area contributed by atoms with Crippen molar-refractivity contribution in [3.8, 4) is 16.9 Å². The average molecular weight is 556 g/mol. The van der Waals surface area contributed by atoms with Gasteiger partial charge < -0.3 is 4.74 Å². The minimum atomic E-state index is -0.434. The first-order chi connectivity index (χ1) is 20.0. The summed E-state index contributed by atoms with van der Waals surface area (Å²) in [6.07, 6.45) is 19.7. The van der Waals surface area contributed by atoms with Crippen LogP contribution in [0.15, 0.2) is 54.6 Å². The lowest BCUT2D eigenvalue weighted by Gasteiger charge is -2.24. The van der Waals surface area contributed by atoms with Gasteiger partial charge in [-0.1, -0.05) is 30.9 Å². The molecule has 214 valence electrons. The third-order valence-electron chi connectivity index (χ3n) is 8.90. The van der Waals surface area contributed by atoms with E-state index in [-0.39, 0.29) is 5.75 Å². The van der Waals surface area contributed by atoms with Crippen LogP contribution in [0.4, 0.5) is 4.39 Å². The molecule has 7 nitrogen and oxygen atoms in total.